The van der Waals surface area contributed by atoms with Crippen LogP contribution in [0.25, 0.3) is 0 Å². The second-order valence-corrected chi connectivity index (χ2v) is 10.7. The van der Waals surface area contributed by atoms with Gasteiger partial charge in [0.2, 0.25) is 11.6 Å². The number of nitrogens with zero attached hydrogens (tertiary/aromatic N) is 3. The van der Waals surface area contributed by atoms with Gasteiger partial charge in [-0.15, -0.1) is 0 Å². The van der Waals surface area contributed by atoms with Crippen molar-refractivity contribution in [1.82, 2.24) is 15.2 Å². The van der Waals surface area contributed by atoms with Crippen molar-refractivity contribution < 1.29 is 14.3 Å². The van der Waals surface area contributed by atoms with Crippen molar-refractivity contribution >= 4 is 21.8 Å². The lowest BCUT2D eigenvalue weighted by Crippen LogP contribution is -2.43. The number of nitrogens with one attached hydrogen (secondary N) is 1. The van der Waals surface area contributed by atoms with Gasteiger partial charge in [0.05, 0.1) is 0 Å². The highest BCUT2D eigenvalue weighted by atomic mass is 79.9. The highest BCUT2D eigenvalue weighted by molar-refractivity contribution is 9.10. The molecule has 1 aromatic carbocycles. The molecule has 1 N–H and O–H groups in total. The summed E-state index contributed by atoms with van der Waals surface area (Å²) in [6.07, 6.45) is 6.04. The van der Waals surface area contributed by atoms with Crippen LogP contribution in [0.2, 0.25) is 0 Å². The predicted molar refractivity (Wildman–Crippen MR) is 147 cm³/mol. The number of ether oxygens (including phenoxy) is 1. The number of hydrogen-bond donors (Lipinski definition) is 1. The quantitative estimate of drug-likeness (QED) is 0.286. The maximum absolute atomic E-state index is 12.7. The molecule has 3 aromatic rings. The lowest BCUT2D eigenvalue weighted by Gasteiger charge is -2.39. The van der Waals surface area contributed by atoms with Crippen molar-refractivity contribution in [3.05, 3.63) is 93.0 Å². The summed E-state index contributed by atoms with van der Waals surface area (Å²) in [5.41, 5.74) is 2.87. The Bertz CT molecular complexity index is 1180. The molecule has 3 heterocycles. The molecule has 37 heavy (non-hydrogen) atoms. The first kappa shape index (κ1) is 27.1. The van der Waals surface area contributed by atoms with Gasteiger partial charge in [-0.3, -0.25) is 4.79 Å². The van der Waals surface area contributed by atoms with E-state index in [0.717, 1.165) is 52.7 Å². The van der Waals surface area contributed by atoms with Crippen LogP contribution in [0.15, 0.2) is 65.4 Å². The first-order valence-electron chi connectivity index (χ1n) is 12.9. The third-order valence-electron chi connectivity index (χ3n) is 7.33. The zero-order chi connectivity index (χ0) is 26.4. The summed E-state index contributed by atoms with van der Waals surface area (Å²) in [5.74, 6) is 0.845. The molecule has 0 saturated carbocycles. The summed E-state index contributed by atoms with van der Waals surface area (Å²) in [7, 11) is 0. The topological polar surface area (TPSA) is 81.4 Å². The number of benzene rings is 1. The molecule has 0 radical (unpaired) electrons. The number of hydrogen-bond acceptors (Lipinski definition) is 5. The molecule has 7 nitrogen and oxygen atoms in total. The number of carbonyl (C=O) groups excluding carboxylic acids is 1. The van der Waals surface area contributed by atoms with Crippen LogP contribution in [0.5, 0.6) is 5.88 Å². The van der Waals surface area contributed by atoms with Gasteiger partial charge in [-0.2, -0.15) is 4.73 Å². The number of piperidine rings is 1. The second kappa shape index (κ2) is 12.5. The maximum atomic E-state index is 12.7. The van der Waals surface area contributed by atoms with Gasteiger partial charge in [0, 0.05) is 48.2 Å². The number of carbonyl (C=O) groups is 1. The van der Waals surface area contributed by atoms with Crippen molar-refractivity contribution in [2.45, 2.75) is 52.2 Å². The van der Waals surface area contributed by atoms with Crippen LogP contribution in [0.1, 0.15) is 59.5 Å². The van der Waals surface area contributed by atoms with E-state index in [9.17, 15) is 10.0 Å². The molecule has 1 aliphatic rings. The third-order valence-corrected chi connectivity index (χ3v) is 7.86. The Morgan fingerprint density at radius 3 is 2.59 bits per heavy atom. The number of pyridine rings is 2. The van der Waals surface area contributed by atoms with E-state index in [1.54, 1.807) is 19.2 Å². The predicted octanol–water partition coefficient (Wildman–Crippen LogP) is 5.14. The maximum Gasteiger partial charge on any atom is 0.257 e. The Balaban J connectivity index is 1.32. The van der Waals surface area contributed by atoms with Gasteiger partial charge >= 0.3 is 0 Å². The van der Waals surface area contributed by atoms with Crippen LogP contribution in [0, 0.1) is 25.0 Å². The number of aromatic nitrogens is 2. The van der Waals surface area contributed by atoms with E-state index in [-0.39, 0.29) is 12.0 Å². The molecular formula is C29H35BrN4O3. The van der Waals surface area contributed by atoms with Crippen LogP contribution >= 0.6 is 15.9 Å². The Morgan fingerprint density at radius 1 is 1.19 bits per heavy atom. The van der Waals surface area contributed by atoms with Gasteiger partial charge in [0.25, 0.3) is 5.91 Å². The van der Waals surface area contributed by atoms with Gasteiger partial charge in [-0.1, -0.05) is 34.1 Å². The number of likely N-dealkylation sites (tertiary alicyclic amines) is 1. The lowest BCUT2D eigenvalue weighted by molar-refractivity contribution is -0.612. The Labute approximate surface area is 227 Å². The van der Waals surface area contributed by atoms with Crippen molar-refractivity contribution in [3.8, 4) is 5.88 Å². The molecule has 0 aliphatic carbocycles. The van der Waals surface area contributed by atoms with E-state index >= 15 is 0 Å². The zero-order valence-electron chi connectivity index (χ0n) is 21.7. The van der Waals surface area contributed by atoms with Crippen LogP contribution in [-0.2, 0) is 0 Å². The van der Waals surface area contributed by atoms with E-state index in [1.807, 2.05) is 25.1 Å². The van der Waals surface area contributed by atoms with E-state index in [4.69, 9.17) is 4.74 Å². The summed E-state index contributed by atoms with van der Waals surface area (Å²) < 4.78 is 8.21. The van der Waals surface area contributed by atoms with E-state index in [1.165, 1.54) is 6.20 Å². The first-order valence-corrected chi connectivity index (χ1v) is 13.7. The van der Waals surface area contributed by atoms with Gasteiger partial charge in [-0.05, 0) is 75.5 Å². The SMILES string of the molecule is Cc1cc[n+]([O-])c(C)c1C(=O)NCCC(C)N1CCC(C(Oc2ccccn2)c2ccc(Br)cc2)CC1. The molecule has 0 spiro atoms. The fourth-order valence-corrected chi connectivity index (χ4v) is 5.34. The van der Waals surface area contributed by atoms with Crippen molar-refractivity contribution in [2.75, 3.05) is 19.6 Å². The summed E-state index contributed by atoms with van der Waals surface area (Å²) in [6.45, 7) is 8.27. The van der Waals surface area contributed by atoms with E-state index < -0.39 is 0 Å². The highest BCUT2D eigenvalue weighted by Crippen LogP contribution is 2.35. The van der Waals surface area contributed by atoms with E-state index in [0.29, 0.717) is 35.6 Å². The minimum atomic E-state index is -0.185. The monoisotopic (exact) mass is 566 g/mol. The summed E-state index contributed by atoms with van der Waals surface area (Å²) in [5, 5.41) is 14.9. The smallest absolute Gasteiger partial charge is 0.257 e. The molecule has 0 bridgehead atoms. The van der Waals surface area contributed by atoms with Gasteiger partial charge in [0.1, 0.15) is 11.7 Å². The number of amides is 1. The molecule has 196 valence electrons. The molecule has 4 rings (SSSR count). The molecule has 1 fully saturated rings. The highest BCUT2D eigenvalue weighted by Gasteiger charge is 2.31. The fourth-order valence-electron chi connectivity index (χ4n) is 5.08. The van der Waals surface area contributed by atoms with Crippen LogP contribution < -0.4 is 14.8 Å². The number of halogens is 1. The van der Waals surface area contributed by atoms with Gasteiger partial charge in [-0.25, -0.2) is 4.98 Å². The second-order valence-electron chi connectivity index (χ2n) is 9.81. The average molecular weight is 568 g/mol. The standard InChI is InChI=1S/C29H35BrN4O3/c1-20-12-19-34(36)22(3)27(20)29(35)32-16-11-21(2)33-17-13-24(14-18-33)28(23-7-9-25(30)10-8-23)37-26-6-4-5-15-31-26/h4-10,12,15,19,21,24,28H,11,13-14,16-18H2,1-3H3,(H,32,35). The van der Waals surface area contributed by atoms with Gasteiger partial charge in [0.15, 0.2) is 6.20 Å². The Hall–Kier alpha value is -2.97. The van der Waals surface area contributed by atoms with Crippen molar-refractivity contribution in [3.63, 3.8) is 0 Å². The molecule has 2 aromatic heterocycles. The summed E-state index contributed by atoms with van der Waals surface area (Å²) >= 11 is 3.53. The van der Waals surface area contributed by atoms with Crippen LogP contribution in [0.4, 0.5) is 0 Å². The summed E-state index contributed by atoms with van der Waals surface area (Å²) in [4.78, 5) is 19.6. The molecule has 1 saturated heterocycles. The number of rotatable bonds is 9. The largest absolute Gasteiger partial charge is 0.618 e. The molecule has 2 unspecified atom stereocenters. The molecule has 2 atom stereocenters. The van der Waals surface area contributed by atoms with E-state index in [2.05, 4.69) is 62.3 Å². The first-order chi connectivity index (χ1) is 17.8. The molecule has 8 heteroatoms. The normalized spacial score (nSPS) is 16.2. The molecule has 1 aliphatic heterocycles. The van der Waals surface area contributed by atoms with Crippen molar-refractivity contribution in [2.24, 2.45) is 5.92 Å². The molecular weight excluding hydrogens is 532 g/mol. The lowest BCUT2D eigenvalue weighted by atomic mass is 9.86. The molecule has 1 amide bonds. The average Bonchev–Trinajstić information content (AvgIpc) is 2.91. The minimum Gasteiger partial charge on any atom is -0.618 e. The minimum absolute atomic E-state index is 0.0547. The zero-order valence-corrected chi connectivity index (χ0v) is 23.3. The number of aryl methyl sites for hydroxylation is 1. The van der Waals surface area contributed by atoms with Gasteiger partial charge < -0.3 is 20.2 Å². The third kappa shape index (κ3) is 6.87. The fraction of sp³-hybridized carbons (Fsp3) is 0.414. The van der Waals surface area contributed by atoms with Crippen LogP contribution in [0.3, 0.4) is 0 Å². The summed E-state index contributed by atoms with van der Waals surface area (Å²) in [6, 6.07) is 16.1. The van der Waals surface area contributed by atoms with Crippen molar-refractivity contribution in [1.29, 1.82) is 0 Å². The Kier molecular flexibility index (Phi) is 9.16. The Morgan fingerprint density at radius 2 is 1.92 bits per heavy atom. The van der Waals surface area contributed by atoms with Crippen LogP contribution in [-0.4, -0.2) is 41.5 Å².